The number of piperazine rings is 1. The minimum absolute atomic E-state index is 0.103. The molecule has 1 saturated heterocycles. The van der Waals surface area contributed by atoms with Gasteiger partial charge < -0.3 is 10.2 Å². The summed E-state index contributed by atoms with van der Waals surface area (Å²) in [5.74, 6) is 1.03. The van der Waals surface area contributed by atoms with Crippen molar-refractivity contribution < 1.29 is 4.21 Å². The summed E-state index contributed by atoms with van der Waals surface area (Å²) in [4.78, 5) is 12.4. The summed E-state index contributed by atoms with van der Waals surface area (Å²) in [6.45, 7) is 7.92. The molecule has 1 atom stereocenters. The van der Waals surface area contributed by atoms with Gasteiger partial charge in [0.25, 0.3) is 0 Å². The van der Waals surface area contributed by atoms with Crippen LogP contribution in [0.1, 0.15) is 13.8 Å². The molecule has 0 spiro atoms. The largest absolute Gasteiger partial charge is 0.354 e. The van der Waals surface area contributed by atoms with Gasteiger partial charge in [0.1, 0.15) is 11.5 Å². The van der Waals surface area contributed by atoms with E-state index >= 15 is 0 Å². The van der Waals surface area contributed by atoms with E-state index in [-0.39, 0.29) is 5.25 Å². The Morgan fingerprint density at radius 2 is 1.59 bits per heavy atom. The fourth-order valence-corrected chi connectivity index (χ4v) is 4.98. The van der Waals surface area contributed by atoms with Crippen molar-refractivity contribution in [3.05, 3.63) is 67.1 Å². The van der Waals surface area contributed by atoms with Crippen molar-refractivity contribution in [1.82, 2.24) is 19.7 Å². The summed E-state index contributed by atoms with van der Waals surface area (Å²) in [7, 11) is -0.986. The van der Waals surface area contributed by atoms with Crippen molar-refractivity contribution in [2.75, 3.05) is 31.1 Å². The number of nitrogens with zero attached hydrogens (tertiary/aromatic N) is 4. The first kappa shape index (κ1) is 20.8. The Kier molecular flexibility index (Phi) is 5.76. The second kappa shape index (κ2) is 8.84. The predicted octanol–water partition coefficient (Wildman–Crippen LogP) is 3.99. The zero-order chi connectivity index (χ0) is 22.1. The second-order valence-corrected chi connectivity index (χ2v) is 10.3. The van der Waals surface area contributed by atoms with Crippen LogP contribution in [0.15, 0.2) is 72.0 Å². The standard InChI is InChI=1S/C25H27N5OS/c1-18(2)32(31)22-7-3-19(4-8-22)23-16-28-25-10-6-21(17-30(23)25)20-5-9-24(27-15-20)29-13-11-26-12-14-29/h3-10,15-18,26H,11-14H2,1-2H3. The van der Waals surface area contributed by atoms with Crippen molar-refractivity contribution in [2.45, 2.75) is 24.0 Å². The maximum Gasteiger partial charge on any atom is 0.137 e. The van der Waals surface area contributed by atoms with Crippen LogP contribution in [-0.4, -0.2) is 50.0 Å². The van der Waals surface area contributed by atoms with Gasteiger partial charge in [0, 0.05) is 65.4 Å². The highest BCUT2D eigenvalue weighted by atomic mass is 32.2. The Balaban J connectivity index is 1.44. The van der Waals surface area contributed by atoms with Gasteiger partial charge in [0.05, 0.1) is 22.7 Å². The highest BCUT2D eigenvalue weighted by Crippen LogP contribution is 2.27. The topological polar surface area (TPSA) is 62.5 Å². The average molecular weight is 446 g/mol. The molecule has 1 aliphatic rings. The molecular weight excluding hydrogens is 418 g/mol. The average Bonchev–Trinajstić information content (AvgIpc) is 3.27. The molecule has 1 N–H and O–H groups in total. The minimum atomic E-state index is -0.986. The molecule has 1 aromatic carbocycles. The van der Waals surface area contributed by atoms with E-state index in [0.29, 0.717) is 0 Å². The number of aromatic nitrogens is 3. The van der Waals surface area contributed by atoms with Crippen molar-refractivity contribution >= 4 is 22.3 Å². The monoisotopic (exact) mass is 445 g/mol. The van der Waals surface area contributed by atoms with E-state index in [1.807, 2.05) is 56.6 Å². The van der Waals surface area contributed by atoms with Gasteiger partial charge >= 0.3 is 0 Å². The first-order valence-corrected chi connectivity index (χ1v) is 12.2. The van der Waals surface area contributed by atoms with Crippen LogP contribution in [-0.2, 0) is 10.8 Å². The molecule has 0 saturated carbocycles. The molecule has 5 rings (SSSR count). The molecule has 0 radical (unpaired) electrons. The van der Waals surface area contributed by atoms with Crippen LogP contribution in [0.5, 0.6) is 0 Å². The van der Waals surface area contributed by atoms with Gasteiger partial charge in [-0.2, -0.15) is 0 Å². The predicted molar refractivity (Wildman–Crippen MR) is 130 cm³/mol. The number of pyridine rings is 2. The fraction of sp³-hybridized carbons (Fsp3) is 0.280. The highest BCUT2D eigenvalue weighted by molar-refractivity contribution is 7.85. The van der Waals surface area contributed by atoms with E-state index in [9.17, 15) is 4.21 Å². The van der Waals surface area contributed by atoms with Crippen LogP contribution < -0.4 is 10.2 Å². The Morgan fingerprint density at radius 3 is 2.28 bits per heavy atom. The van der Waals surface area contributed by atoms with E-state index in [1.54, 1.807) is 0 Å². The molecule has 0 bridgehead atoms. The molecule has 4 aromatic rings. The summed E-state index contributed by atoms with van der Waals surface area (Å²) in [5, 5.41) is 3.48. The van der Waals surface area contributed by atoms with E-state index in [2.05, 4.69) is 44.0 Å². The third-order valence-corrected chi connectivity index (χ3v) is 7.43. The number of imidazole rings is 1. The van der Waals surface area contributed by atoms with Crippen LogP contribution in [0, 0.1) is 0 Å². The minimum Gasteiger partial charge on any atom is -0.354 e. The van der Waals surface area contributed by atoms with Crippen LogP contribution in [0.3, 0.4) is 0 Å². The zero-order valence-corrected chi connectivity index (χ0v) is 19.2. The van der Waals surface area contributed by atoms with Crippen molar-refractivity contribution in [2.24, 2.45) is 0 Å². The number of benzene rings is 1. The SMILES string of the molecule is CC(C)S(=O)c1ccc(-c2cnc3ccc(-c4ccc(N5CCNCC5)nc4)cn23)cc1. The third-order valence-electron chi connectivity index (χ3n) is 5.84. The van der Waals surface area contributed by atoms with Crippen molar-refractivity contribution in [3.8, 4) is 22.4 Å². The van der Waals surface area contributed by atoms with Gasteiger partial charge in [-0.05, 0) is 36.4 Å². The van der Waals surface area contributed by atoms with E-state index < -0.39 is 10.8 Å². The highest BCUT2D eigenvalue weighted by Gasteiger charge is 2.13. The lowest BCUT2D eigenvalue weighted by molar-refractivity contribution is 0.585. The van der Waals surface area contributed by atoms with Crippen LogP contribution in [0.2, 0.25) is 0 Å². The van der Waals surface area contributed by atoms with Gasteiger partial charge in [-0.15, -0.1) is 0 Å². The molecule has 1 aliphatic heterocycles. The lowest BCUT2D eigenvalue weighted by Crippen LogP contribution is -2.43. The molecule has 7 heteroatoms. The number of fused-ring (bicyclic) bond motifs is 1. The quantitative estimate of drug-likeness (QED) is 0.503. The van der Waals surface area contributed by atoms with Gasteiger partial charge in [0.2, 0.25) is 0 Å². The Morgan fingerprint density at radius 1 is 0.875 bits per heavy atom. The molecule has 6 nitrogen and oxygen atoms in total. The molecule has 164 valence electrons. The number of hydrogen-bond donors (Lipinski definition) is 1. The molecular formula is C25H27N5OS. The van der Waals surface area contributed by atoms with Gasteiger partial charge in [-0.25, -0.2) is 9.97 Å². The molecule has 1 unspecified atom stereocenters. The summed E-state index contributed by atoms with van der Waals surface area (Å²) in [5.41, 5.74) is 5.12. The summed E-state index contributed by atoms with van der Waals surface area (Å²) in [6.07, 6.45) is 5.95. The molecule has 0 aliphatic carbocycles. The van der Waals surface area contributed by atoms with Crippen LogP contribution >= 0.6 is 0 Å². The lowest BCUT2D eigenvalue weighted by atomic mass is 10.1. The molecule has 4 heterocycles. The Bertz CT molecular complexity index is 1240. The maximum absolute atomic E-state index is 12.4. The van der Waals surface area contributed by atoms with E-state index in [4.69, 9.17) is 4.98 Å². The number of hydrogen-bond acceptors (Lipinski definition) is 5. The number of anilines is 1. The number of rotatable bonds is 5. The Hall–Kier alpha value is -3.03. The number of nitrogens with one attached hydrogen (secondary N) is 1. The third kappa shape index (κ3) is 4.06. The summed E-state index contributed by atoms with van der Waals surface area (Å²) >= 11 is 0. The second-order valence-electron chi connectivity index (χ2n) is 8.30. The first-order valence-electron chi connectivity index (χ1n) is 11.0. The van der Waals surface area contributed by atoms with Crippen molar-refractivity contribution in [1.29, 1.82) is 0 Å². The van der Waals surface area contributed by atoms with Crippen molar-refractivity contribution in [3.63, 3.8) is 0 Å². The lowest BCUT2D eigenvalue weighted by Gasteiger charge is -2.28. The van der Waals surface area contributed by atoms with E-state index in [1.165, 1.54) is 0 Å². The molecule has 3 aromatic heterocycles. The molecule has 32 heavy (non-hydrogen) atoms. The van der Waals surface area contributed by atoms with Gasteiger partial charge in [-0.1, -0.05) is 26.0 Å². The Labute approximate surface area is 190 Å². The van der Waals surface area contributed by atoms with Crippen LogP contribution in [0.4, 0.5) is 5.82 Å². The van der Waals surface area contributed by atoms with Gasteiger partial charge in [0.15, 0.2) is 0 Å². The van der Waals surface area contributed by atoms with E-state index in [0.717, 1.165) is 64.9 Å². The smallest absolute Gasteiger partial charge is 0.137 e. The fourth-order valence-electron chi connectivity index (χ4n) is 4.03. The maximum atomic E-state index is 12.4. The molecule has 0 amide bonds. The zero-order valence-electron chi connectivity index (χ0n) is 18.4. The normalized spacial score (nSPS) is 15.4. The van der Waals surface area contributed by atoms with Gasteiger partial charge in [-0.3, -0.25) is 8.61 Å². The molecule has 1 fully saturated rings. The van der Waals surface area contributed by atoms with Crippen LogP contribution in [0.25, 0.3) is 28.0 Å². The summed E-state index contributed by atoms with van der Waals surface area (Å²) < 4.78 is 14.5. The summed E-state index contributed by atoms with van der Waals surface area (Å²) in [6, 6.07) is 16.3. The first-order chi connectivity index (χ1) is 15.6.